The van der Waals surface area contributed by atoms with E-state index in [4.69, 9.17) is 5.73 Å². The second-order valence-corrected chi connectivity index (χ2v) is 8.23. The number of aromatic nitrogens is 1. The van der Waals surface area contributed by atoms with Gasteiger partial charge in [0.25, 0.3) is 0 Å². The van der Waals surface area contributed by atoms with Crippen LogP contribution in [0.3, 0.4) is 0 Å². The molecule has 1 aliphatic heterocycles. The molecular formula is C19H31F3N6OS. The first-order chi connectivity index (χ1) is 14.3. The van der Waals surface area contributed by atoms with Gasteiger partial charge in [0.15, 0.2) is 11.7 Å². The molecule has 0 saturated carbocycles. The predicted octanol–water partition coefficient (Wildman–Crippen LogP) is 2.24. The number of rotatable bonds is 10. The quantitative estimate of drug-likeness (QED) is 0.290. The van der Waals surface area contributed by atoms with Gasteiger partial charge in [0.05, 0.1) is 5.01 Å². The van der Waals surface area contributed by atoms with Gasteiger partial charge in [0, 0.05) is 37.4 Å². The molecule has 0 spiro atoms. The fourth-order valence-corrected chi connectivity index (χ4v) is 4.07. The van der Waals surface area contributed by atoms with Gasteiger partial charge in [-0.1, -0.05) is 0 Å². The van der Waals surface area contributed by atoms with E-state index in [2.05, 4.69) is 25.5 Å². The van der Waals surface area contributed by atoms with Crippen molar-refractivity contribution in [1.82, 2.24) is 20.5 Å². The van der Waals surface area contributed by atoms with E-state index in [1.807, 2.05) is 6.92 Å². The smallest absolute Gasteiger partial charge is 0.369 e. The zero-order valence-electron chi connectivity index (χ0n) is 17.3. The number of thiazole rings is 1. The van der Waals surface area contributed by atoms with Crippen molar-refractivity contribution in [3.63, 3.8) is 0 Å². The van der Waals surface area contributed by atoms with Crippen molar-refractivity contribution in [3.8, 4) is 0 Å². The van der Waals surface area contributed by atoms with Gasteiger partial charge in [-0.15, -0.1) is 11.3 Å². The van der Waals surface area contributed by atoms with Gasteiger partial charge in [-0.05, 0) is 52.2 Å². The SMILES string of the molecule is CCNC(=NCCCCN1CCC(C(N)=O)CC1)NCCc1nc(C(F)(F)F)cs1. The molecule has 170 valence electrons. The van der Waals surface area contributed by atoms with Crippen molar-refractivity contribution in [2.75, 3.05) is 39.3 Å². The summed E-state index contributed by atoms with van der Waals surface area (Å²) in [6.45, 7) is 6.60. The van der Waals surface area contributed by atoms with E-state index in [1.165, 1.54) is 0 Å². The summed E-state index contributed by atoms with van der Waals surface area (Å²) in [5, 5.41) is 7.78. The predicted molar refractivity (Wildman–Crippen MR) is 112 cm³/mol. The highest BCUT2D eigenvalue weighted by Crippen LogP contribution is 2.30. The third-order valence-corrected chi connectivity index (χ3v) is 5.87. The number of guanidine groups is 1. The van der Waals surface area contributed by atoms with Gasteiger partial charge in [-0.25, -0.2) is 4.98 Å². The van der Waals surface area contributed by atoms with Gasteiger partial charge < -0.3 is 21.3 Å². The number of nitrogens with two attached hydrogens (primary N) is 1. The standard InChI is InChI=1S/C19H31F3N6OS/c1-2-24-18(26-9-5-16-27-15(13-30-16)19(20,21)22)25-8-3-4-10-28-11-6-14(7-12-28)17(23)29/h13-14H,2-12H2,1H3,(H2,23,29)(H2,24,25,26). The Balaban J connectivity index is 1.64. The molecule has 0 bridgehead atoms. The third kappa shape index (κ3) is 8.47. The van der Waals surface area contributed by atoms with Crippen molar-refractivity contribution < 1.29 is 18.0 Å². The molecule has 1 aromatic rings. The lowest BCUT2D eigenvalue weighted by Gasteiger charge is -2.30. The Morgan fingerprint density at radius 3 is 2.67 bits per heavy atom. The number of carbonyl (C=O) groups is 1. The van der Waals surface area contributed by atoms with Gasteiger partial charge in [0.1, 0.15) is 0 Å². The highest BCUT2D eigenvalue weighted by Gasteiger charge is 2.33. The Hall–Kier alpha value is -1.88. The zero-order chi connectivity index (χ0) is 22.0. The third-order valence-electron chi connectivity index (χ3n) is 4.96. The van der Waals surface area contributed by atoms with Crippen molar-refractivity contribution in [1.29, 1.82) is 0 Å². The van der Waals surface area contributed by atoms with Crippen LogP contribution < -0.4 is 16.4 Å². The second-order valence-electron chi connectivity index (χ2n) is 7.29. The Bertz CT molecular complexity index is 686. The summed E-state index contributed by atoms with van der Waals surface area (Å²) in [5.41, 5.74) is 4.53. The summed E-state index contributed by atoms with van der Waals surface area (Å²) in [5.74, 6) is 0.486. The van der Waals surface area contributed by atoms with Gasteiger partial charge >= 0.3 is 6.18 Å². The maximum atomic E-state index is 12.6. The minimum Gasteiger partial charge on any atom is -0.369 e. The summed E-state index contributed by atoms with van der Waals surface area (Å²) in [6.07, 6.45) is -0.350. The molecule has 2 heterocycles. The maximum Gasteiger partial charge on any atom is 0.434 e. The largest absolute Gasteiger partial charge is 0.434 e. The van der Waals surface area contributed by atoms with Crippen molar-refractivity contribution in [2.24, 2.45) is 16.6 Å². The number of alkyl halides is 3. The van der Waals surface area contributed by atoms with Crippen LogP contribution in [0.2, 0.25) is 0 Å². The number of amides is 1. The van der Waals surface area contributed by atoms with E-state index >= 15 is 0 Å². The number of likely N-dealkylation sites (tertiary alicyclic amines) is 1. The van der Waals surface area contributed by atoms with E-state index in [0.29, 0.717) is 37.0 Å². The number of halogens is 3. The van der Waals surface area contributed by atoms with Gasteiger partial charge in [-0.2, -0.15) is 13.2 Å². The average Bonchev–Trinajstić information content (AvgIpc) is 3.17. The summed E-state index contributed by atoms with van der Waals surface area (Å²) in [4.78, 5) is 21.7. The fourth-order valence-electron chi connectivity index (χ4n) is 3.26. The van der Waals surface area contributed by atoms with Crippen LogP contribution in [0.5, 0.6) is 0 Å². The molecule has 0 aliphatic carbocycles. The van der Waals surface area contributed by atoms with E-state index in [0.717, 1.165) is 62.0 Å². The zero-order valence-corrected chi connectivity index (χ0v) is 18.1. The normalized spacial score (nSPS) is 16.6. The number of aliphatic imine (C=N–C) groups is 1. The summed E-state index contributed by atoms with van der Waals surface area (Å²) >= 11 is 1.02. The van der Waals surface area contributed by atoms with E-state index in [-0.39, 0.29) is 11.8 Å². The van der Waals surface area contributed by atoms with Crippen LogP contribution in [-0.4, -0.2) is 61.0 Å². The van der Waals surface area contributed by atoms with Crippen LogP contribution >= 0.6 is 11.3 Å². The lowest BCUT2D eigenvalue weighted by Crippen LogP contribution is -2.39. The number of hydrogen-bond donors (Lipinski definition) is 3. The molecule has 30 heavy (non-hydrogen) atoms. The fraction of sp³-hybridized carbons (Fsp3) is 0.737. The molecule has 1 amide bonds. The number of nitrogens with zero attached hydrogens (tertiary/aromatic N) is 3. The highest BCUT2D eigenvalue weighted by molar-refractivity contribution is 7.09. The van der Waals surface area contributed by atoms with Crippen LogP contribution in [0, 0.1) is 5.92 Å². The first-order valence-corrected chi connectivity index (χ1v) is 11.2. The molecule has 0 atom stereocenters. The number of nitrogens with one attached hydrogen (secondary N) is 2. The molecular weight excluding hydrogens is 417 g/mol. The summed E-state index contributed by atoms with van der Waals surface area (Å²) in [6, 6.07) is 0. The molecule has 7 nitrogen and oxygen atoms in total. The van der Waals surface area contributed by atoms with Crippen molar-refractivity contribution in [3.05, 3.63) is 16.1 Å². The lowest BCUT2D eigenvalue weighted by atomic mass is 9.96. The number of piperidine rings is 1. The van der Waals surface area contributed by atoms with Crippen molar-refractivity contribution >= 4 is 23.2 Å². The number of primary amides is 1. The number of unbranched alkanes of at least 4 members (excludes halogenated alkanes) is 1. The molecule has 0 unspecified atom stereocenters. The van der Waals surface area contributed by atoms with Crippen LogP contribution in [0.25, 0.3) is 0 Å². The molecule has 4 N–H and O–H groups in total. The van der Waals surface area contributed by atoms with E-state index in [9.17, 15) is 18.0 Å². The monoisotopic (exact) mass is 448 g/mol. The maximum absolute atomic E-state index is 12.6. The van der Waals surface area contributed by atoms with Crippen LogP contribution in [0.4, 0.5) is 13.2 Å². The molecule has 1 saturated heterocycles. The molecule has 1 aromatic heterocycles. The van der Waals surface area contributed by atoms with Crippen molar-refractivity contribution in [2.45, 2.75) is 45.2 Å². The second kappa shape index (κ2) is 12.1. The Morgan fingerprint density at radius 2 is 2.07 bits per heavy atom. The average molecular weight is 449 g/mol. The van der Waals surface area contributed by atoms with Crippen LogP contribution in [0.15, 0.2) is 10.4 Å². The Kier molecular flexibility index (Phi) is 9.83. The van der Waals surface area contributed by atoms with Gasteiger partial charge in [0.2, 0.25) is 5.91 Å². The lowest BCUT2D eigenvalue weighted by molar-refractivity contribution is -0.140. The number of carbonyl (C=O) groups excluding carboxylic acids is 1. The minimum absolute atomic E-state index is 0.0176. The molecule has 11 heteroatoms. The first kappa shape index (κ1) is 24.4. The highest BCUT2D eigenvalue weighted by atomic mass is 32.1. The van der Waals surface area contributed by atoms with E-state index < -0.39 is 11.9 Å². The molecule has 1 aliphatic rings. The summed E-state index contributed by atoms with van der Waals surface area (Å²) < 4.78 is 37.8. The molecule has 0 radical (unpaired) electrons. The van der Waals surface area contributed by atoms with Crippen LogP contribution in [0.1, 0.15) is 43.3 Å². The molecule has 1 fully saturated rings. The minimum atomic E-state index is -4.39. The Labute approximate surface area is 179 Å². The van der Waals surface area contributed by atoms with E-state index in [1.54, 1.807) is 0 Å². The van der Waals surface area contributed by atoms with Crippen LogP contribution in [-0.2, 0) is 17.4 Å². The van der Waals surface area contributed by atoms with Gasteiger partial charge in [-0.3, -0.25) is 9.79 Å². The Morgan fingerprint density at radius 1 is 1.33 bits per heavy atom. The summed E-state index contributed by atoms with van der Waals surface area (Å²) in [7, 11) is 0. The first-order valence-electron chi connectivity index (χ1n) is 10.3. The molecule has 0 aromatic carbocycles. The topological polar surface area (TPSA) is 95.6 Å². The number of hydrogen-bond acceptors (Lipinski definition) is 5. The molecule has 2 rings (SSSR count).